The molecule has 2 aliphatic heterocycles. The van der Waals surface area contributed by atoms with Gasteiger partial charge in [0, 0.05) is 6.54 Å². The van der Waals surface area contributed by atoms with Crippen molar-refractivity contribution in [2.75, 3.05) is 26.2 Å². The molecular weight excluding hydrogens is 406 g/mol. The summed E-state index contributed by atoms with van der Waals surface area (Å²) in [5, 5.41) is 4.92. The molecule has 1 unspecified atom stereocenters. The summed E-state index contributed by atoms with van der Waals surface area (Å²) in [6.45, 7) is -0.738. The van der Waals surface area contributed by atoms with Crippen molar-refractivity contribution >= 4 is 23.6 Å². The van der Waals surface area contributed by atoms with Crippen molar-refractivity contribution in [3.8, 4) is 0 Å². The molecule has 0 aliphatic carbocycles. The lowest BCUT2D eigenvalue weighted by Crippen LogP contribution is -2.42. The Hall–Kier alpha value is -2.07. The second-order valence-corrected chi connectivity index (χ2v) is 7.24. The minimum Gasteiger partial charge on any atom is -0.434 e. The molecule has 2 fully saturated rings. The van der Waals surface area contributed by atoms with Gasteiger partial charge in [-0.1, -0.05) is 17.7 Å². The Morgan fingerprint density at radius 3 is 2.79 bits per heavy atom. The van der Waals surface area contributed by atoms with Gasteiger partial charge in [-0.25, -0.2) is 9.18 Å². The largest absolute Gasteiger partial charge is 0.434 e. The number of carbonyl (C=O) groups excluding carboxylic acids is 2. The van der Waals surface area contributed by atoms with E-state index in [2.05, 4.69) is 10.6 Å². The van der Waals surface area contributed by atoms with Crippen molar-refractivity contribution in [3.63, 3.8) is 0 Å². The molecule has 11 heteroatoms. The molecule has 6 nitrogen and oxygen atoms in total. The van der Waals surface area contributed by atoms with Crippen LogP contribution in [0.25, 0.3) is 0 Å². The highest BCUT2D eigenvalue weighted by atomic mass is 35.5. The number of amides is 2. The maximum atomic E-state index is 13.5. The van der Waals surface area contributed by atoms with Gasteiger partial charge in [0.1, 0.15) is 5.82 Å². The Kier molecular flexibility index (Phi) is 5.99. The molecule has 2 heterocycles. The lowest BCUT2D eigenvalue weighted by Gasteiger charge is -2.27. The average molecular weight is 424 g/mol. The zero-order valence-corrected chi connectivity index (χ0v) is 15.3. The van der Waals surface area contributed by atoms with E-state index in [0.29, 0.717) is 12.0 Å². The molecule has 2 N–H and O–H groups in total. The van der Waals surface area contributed by atoms with E-state index in [1.807, 2.05) is 0 Å². The van der Waals surface area contributed by atoms with Gasteiger partial charge in [0.25, 0.3) is 5.91 Å². The Bertz CT molecular complexity index is 762. The number of rotatable bonds is 5. The highest BCUT2D eigenvalue weighted by Gasteiger charge is 2.39. The predicted molar refractivity (Wildman–Crippen MR) is 91.2 cm³/mol. The number of carbonyl (C=O) groups is 2. The van der Waals surface area contributed by atoms with Crippen LogP contribution in [-0.4, -0.2) is 55.4 Å². The fourth-order valence-electron chi connectivity index (χ4n) is 3.49. The summed E-state index contributed by atoms with van der Waals surface area (Å²) < 4.78 is 56.4. The van der Waals surface area contributed by atoms with Crippen LogP contribution in [0.1, 0.15) is 18.0 Å². The van der Waals surface area contributed by atoms with Crippen LogP contribution >= 0.6 is 11.6 Å². The monoisotopic (exact) mass is 423 g/mol. The normalized spacial score (nSPS) is 24.0. The van der Waals surface area contributed by atoms with Crippen LogP contribution < -0.4 is 10.6 Å². The van der Waals surface area contributed by atoms with E-state index in [9.17, 15) is 27.2 Å². The summed E-state index contributed by atoms with van der Waals surface area (Å²) in [6, 6.07) is 3.20. The van der Waals surface area contributed by atoms with E-state index in [0.717, 1.165) is 6.07 Å². The Balaban J connectivity index is 1.77. The topological polar surface area (TPSA) is 70.7 Å². The predicted octanol–water partition coefficient (Wildman–Crippen LogP) is 2.63. The first-order chi connectivity index (χ1) is 13.1. The van der Waals surface area contributed by atoms with Gasteiger partial charge in [0.15, 0.2) is 6.10 Å². The van der Waals surface area contributed by atoms with Gasteiger partial charge in [-0.3, -0.25) is 9.69 Å². The molecule has 1 aromatic carbocycles. The van der Waals surface area contributed by atoms with Crippen LogP contribution in [0.4, 0.5) is 22.4 Å². The molecule has 3 rings (SSSR count). The number of cyclic esters (lactones) is 1. The van der Waals surface area contributed by atoms with E-state index in [1.165, 1.54) is 17.0 Å². The Morgan fingerprint density at radius 2 is 2.18 bits per heavy atom. The average Bonchev–Trinajstić information content (AvgIpc) is 3.23. The molecular formula is C17H18ClF4N3O3. The minimum absolute atomic E-state index is 0.00751. The first-order valence-electron chi connectivity index (χ1n) is 8.61. The molecule has 3 atom stereocenters. The maximum absolute atomic E-state index is 13.5. The zero-order valence-electron chi connectivity index (χ0n) is 14.6. The van der Waals surface area contributed by atoms with Crippen molar-refractivity contribution in [2.24, 2.45) is 5.92 Å². The summed E-state index contributed by atoms with van der Waals surface area (Å²) in [4.78, 5) is 24.9. The van der Waals surface area contributed by atoms with Crippen LogP contribution in [0.5, 0.6) is 0 Å². The third-order valence-corrected chi connectivity index (χ3v) is 5.05. The minimum atomic E-state index is -4.32. The van der Waals surface area contributed by atoms with Crippen LogP contribution in [0.2, 0.25) is 5.02 Å². The smallest absolute Gasteiger partial charge is 0.408 e. The molecule has 0 radical (unpaired) electrons. The number of likely N-dealkylation sites (tertiary alicyclic amines) is 1. The SMILES string of the molecule is O=C1NC[C@@H](C(=O)NC(c2ccc(F)c(Cl)c2)[C@H]2CCN(CC(F)(F)F)C2)O1. The van der Waals surface area contributed by atoms with Gasteiger partial charge in [0.2, 0.25) is 0 Å². The standard InChI is InChI=1S/C17H18ClF4N3O3/c18-11-5-9(1-2-12(11)19)14(24-15(26)13-6-23-16(27)28-13)10-3-4-25(7-10)8-17(20,21)22/h1-2,5,10,13-14H,3-4,6-8H2,(H,23,27)(H,24,26)/t10-,13-,14?/m0/s1. The van der Waals surface area contributed by atoms with Gasteiger partial charge in [-0.2, -0.15) is 13.2 Å². The summed E-state index contributed by atoms with van der Waals surface area (Å²) in [5.74, 6) is -1.58. The number of ether oxygens (including phenoxy) is 1. The van der Waals surface area contributed by atoms with Crippen LogP contribution in [-0.2, 0) is 9.53 Å². The van der Waals surface area contributed by atoms with Gasteiger partial charge in [-0.15, -0.1) is 0 Å². The first-order valence-corrected chi connectivity index (χ1v) is 8.99. The van der Waals surface area contributed by atoms with Crippen molar-refractivity contribution in [2.45, 2.75) is 24.7 Å². The molecule has 0 bridgehead atoms. The fraction of sp³-hybridized carbons (Fsp3) is 0.529. The molecule has 1 aromatic rings. The number of alkyl carbamates (subject to hydrolysis) is 1. The van der Waals surface area contributed by atoms with Crippen molar-refractivity contribution in [1.29, 1.82) is 0 Å². The molecule has 154 valence electrons. The lowest BCUT2D eigenvalue weighted by molar-refractivity contribution is -0.144. The molecule has 0 saturated carbocycles. The third kappa shape index (κ3) is 5.05. The van der Waals surface area contributed by atoms with Gasteiger partial charge >= 0.3 is 12.3 Å². The highest BCUT2D eigenvalue weighted by molar-refractivity contribution is 6.30. The molecule has 28 heavy (non-hydrogen) atoms. The summed E-state index contributed by atoms with van der Waals surface area (Å²) in [7, 11) is 0. The van der Waals surface area contributed by atoms with Crippen molar-refractivity contribution < 1.29 is 31.9 Å². The first kappa shape index (κ1) is 20.7. The second-order valence-electron chi connectivity index (χ2n) is 6.83. The summed E-state index contributed by atoms with van der Waals surface area (Å²) >= 11 is 5.84. The van der Waals surface area contributed by atoms with E-state index in [-0.39, 0.29) is 30.6 Å². The van der Waals surface area contributed by atoms with Crippen LogP contribution in [0.3, 0.4) is 0 Å². The van der Waals surface area contributed by atoms with Crippen molar-refractivity contribution in [1.82, 2.24) is 15.5 Å². The third-order valence-electron chi connectivity index (χ3n) is 4.76. The van der Waals surface area contributed by atoms with Crippen LogP contribution in [0, 0.1) is 11.7 Å². The molecule has 2 amide bonds. The van der Waals surface area contributed by atoms with Gasteiger partial charge < -0.3 is 15.4 Å². The van der Waals surface area contributed by atoms with Crippen molar-refractivity contribution in [3.05, 3.63) is 34.6 Å². The van der Waals surface area contributed by atoms with E-state index in [1.54, 1.807) is 0 Å². The maximum Gasteiger partial charge on any atom is 0.408 e. The Labute approximate surface area is 163 Å². The highest BCUT2D eigenvalue weighted by Crippen LogP contribution is 2.33. The van der Waals surface area contributed by atoms with E-state index < -0.39 is 42.7 Å². The number of halogens is 5. The summed E-state index contributed by atoms with van der Waals surface area (Å²) in [6.07, 6.45) is -5.69. The van der Waals surface area contributed by atoms with Gasteiger partial charge in [0.05, 0.1) is 24.2 Å². The number of alkyl halides is 3. The number of nitrogens with one attached hydrogen (secondary N) is 2. The zero-order chi connectivity index (χ0) is 20.5. The van der Waals surface area contributed by atoms with Gasteiger partial charge in [-0.05, 0) is 36.6 Å². The molecule has 0 aromatic heterocycles. The fourth-order valence-corrected chi connectivity index (χ4v) is 3.68. The number of hydrogen-bond acceptors (Lipinski definition) is 4. The van der Waals surface area contributed by atoms with Crippen LogP contribution in [0.15, 0.2) is 18.2 Å². The van der Waals surface area contributed by atoms with E-state index in [4.69, 9.17) is 16.3 Å². The molecule has 0 spiro atoms. The lowest BCUT2D eigenvalue weighted by atomic mass is 9.92. The second kappa shape index (κ2) is 8.12. The molecule has 2 aliphatic rings. The van der Waals surface area contributed by atoms with E-state index >= 15 is 0 Å². The number of nitrogens with zero attached hydrogens (tertiary/aromatic N) is 1. The summed E-state index contributed by atoms with van der Waals surface area (Å²) in [5.41, 5.74) is 0.468. The quantitative estimate of drug-likeness (QED) is 0.714. The Morgan fingerprint density at radius 1 is 1.43 bits per heavy atom. The number of benzene rings is 1. The number of hydrogen-bond donors (Lipinski definition) is 2. The molecule has 2 saturated heterocycles.